The topological polar surface area (TPSA) is 57.3 Å². The van der Waals surface area contributed by atoms with Crippen molar-refractivity contribution < 1.29 is 9.18 Å². The summed E-state index contributed by atoms with van der Waals surface area (Å²) in [6.07, 6.45) is 0.862. The number of hydrogen-bond donors (Lipinski definition) is 2. The number of anilines is 1. The molecule has 7 heteroatoms. The number of nitrogens with one attached hydrogen (secondary N) is 2. The number of amides is 2. The molecule has 1 aromatic carbocycles. The van der Waals surface area contributed by atoms with Crippen LogP contribution < -0.4 is 10.6 Å². The number of halogens is 1. The minimum atomic E-state index is -0.223. The SMILES string of the molecule is CC(C)NC(=O)Nc1nc2c(s1)CN(Cc1ccc(F)cc1)CC2. The van der Waals surface area contributed by atoms with Crippen LogP contribution in [0.4, 0.5) is 14.3 Å². The maximum absolute atomic E-state index is 13.0. The van der Waals surface area contributed by atoms with Crippen LogP contribution in [0.5, 0.6) is 0 Å². The highest BCUT2D eigenvalue weighted by Crippen LogP contribution is 2.29. The fourth-order valence-corrected chi connectivity index (χ4v) is 3.73. The molecule has 2 amide bonds. The smallest absolute Gasteiger partial charge is 0.321 e. The molecule has 2 N–H and O–H groups in total. The average molecular weight is 348 g/mol. The molecule has 1 aliphatic heterocycles. The van der Waals surface area contributed by atoms with E-state index in [1.807, 2.05) is 26.0 Å². The molecule has 0 aliphatic carbocycles. The van der Waals surface area contributed by atoms with Crippen molar-refractivity contribution in [2.75, 3.05) is 11.9 Å². The van der Waals surface area contributed by atoms with Gasteiger partial charge in [0, 0.05) is 37.0 Å². The molecular formula is C17H21FN4OS. The molecule has 1 aliphatic rings. The third-order valence-corrected chi connectivity index (χ3v) is 4.77. The molecule has 1 aromatic heterocycles. The Kier molecular flexibility index (Phi) is 5.11. The number of aromatic nitrogens is 1. The highest BCUT2D eigenvalue weighted by atomic mass is 32.1. The van der Waals surface area contributed by atoms with Gasteiger partial charge in [0.2, 0.25) is 0 Å². The zero-order valence-corrected chi connectivity index (χ0v) is 14.6. The van der Waals surface area contributed by atoms with Crippen LogP contribution in [0.2, 0.25) is 0 Å². The van der Waals surface area contributed by atoms with E-state index in [0.29, 0.717) is 5.13 Å². The van der Waals surface area contributed by atoms with Crippen molar-refractivity contribution in [3.63, 3.8) is 0 Å². The molecule has 0 saturated carbocycles. The number of fused-ring (bicyclic) bond motifs is 1. The van der Waals surface area contributed by atoms with Crippen molar-refractivity contribution in [1.82, 2.24) is 15.2 Å². The molecule has 0 bridgehead atoms. The normalized spacial score (nSPS) is 14.5. The molecule has 24 heavy (non-hydrogen) atoms. The van der Waals surface area contributed by atoms with E-state index in [4.69, 9.17) is 0 Å². The van der Waals surface area contributed by atoms with Crippen LogP contribution in [0.15, 0.2) is 24.3 Å². The van der Waals surface area contributed by atoms with Crippen LogP contribution in [-0.4, -0.2) is 28.5 Å². The van der Waals surface area contributed by atoms with Gasteiger partial charge in [-0.1, -0.05) is 12.1 Å². The van der Waals surface area contributed by atoms with Gasteiger partial charge in [-0.15, -0.1) is 11.3 Å². The summed E-state index contributed by atoms with van der Waals surface area (Å²) in [4.78, 5) is 19.8. The van der Waals surface area contributed by atoms with Crippen LogP contribution >= 0.6 is 11.3 Å². The van der Waals surface area contributed by atoms with Gasteiger partial charge in [0.25, 0.3) is 0 Å². The average Bonchev–Trinajstić information content (AvgIpc) is 2.90. The summed E-state index contributed by atoms with van der Waals surface area (Å²) in [6, 6.07) is 6.49. The van der Waals surface area contributed by atoms with Gasteiger partial charge in [-0.3, -0.25) is 10.2 Å². The number of carbonyl (C=O) groups is 1. The lowest BCUT2D eigenvalue weighted by molar-refractivity contribution is 0.247. The lowest BCUT2D eigenvalue weighted by Gasteiger charge is -2.25. The van der Waals surface area contributed by atoms with Gasteiger partial charge < -0.3 is 5.32 Å². The second kappa shape index (κ2) is 7.27. The van der Waals surface area contributed by atoms with Crippen LogP contribution in [0.25, 0.3) is 0 Å². The molecule has 0 radical (unpaired) electrons. The lowest BCUT2D eigenvalue weighted by atomic mass is 10.1. The number of urea groups is 1. The van der Waals surface area contributed by atoms with Crippen LogP contribution in [0, 0.1) is 5.82 Å². The first kappa shape index (κ1) is 16.9. The summed E-state index contributed by atoms with van der Waals surface area (Å²) in [5.74, 6) is -0.211. The van der Waals surface area contributed by atoms with E-state index in [2.05, 4.69) is 20.5 Å². The Bertz CT molecular complexity index is 714. The van der Waals surface area contributed by atoms with E-state index in [1.54, 1.807) is 0 Å². The van der Waals surface area contributed by atoms with Crippen LogP contribution in [0.3, 0.4) is 0 Å². The molecule has 0 fully saturated rings. The summed E-state index contributed by atoms with van der Waals surface area (Å²) in [5, 5.41) is 6.23. The summed E-state index contributed by atoms with van der Waals surface area (Å²) < 4.78 is 13.0. The van der Waals surface area contributed by atoms with E-state index in [1.165, 1.54) is 28.3 Å². The fourth-order valence-electron chi connectivity index (χ4n) is 2.68. The highest BCUT2D eigenvalue weighted by Gasteiger charge is 2.21. The van der Waals surface area contributed by atoms with Crippen molar-refractivity contribution in [2.24, 2.45) is 0 Å². The molecular weight excluding hydrogens is 327 g/mol. The summed E-state index contributed by atoms with van der Waals surface area (Å²) in [5.41, 5.74) is 2.16. The number of nitrogens with zero attached hydrogens (tertiary/aromatic N) is 2. The van der Waals surface area contributed by atoms with Crippen molar-refractivity contribution >= 4 is 22.5 Å². The second-order valence-corrected chi connectivity index (χ2v) is 7.31. The Hall–Kier alpha value is -1.99. The van der Waals surface area contributed by atoms with Gasteiger partial charge >= 0.3 is 6.03 Å². The predicted octanol–water partition coefficient (Wildman–Crippen LogP) is 3.37. The van der Waals surface area contributed by atoms with E-state index in [9.17, 15) is 9.18 Å². The van der Waals surface area contributed by atoms with Gasteiger partial charge in [-0.25, -0.2) is 14.2 Å². The summed E-state index contributed by atoms with van der Waals surface area (Å²) >= 11 is 1.52. The standard InChI is InChI=1S/C17H21FN4OS/c1-11(2)19-16(23)21-17-20-14-7-8-22(10-15(14)24-17)9-12-3-5-13(18)6-4-12/h3-6,11H,7-10H2,1-2H3,(H2,19,20,21,23). The lowest BCUT2D eigenvalue weighted by Crippen LogP contribution is -2.34. The molecule has 128 valence electrons. The molecule has 2 aromatic rings. The monoisotopic (exact) mass is 348 g/mol. The van der Waals surface area contributed by atoms with Gasteiger partial charge in [-0.2, -0.15) is 0 Å². The third-order valence-electron chi connectivity index (χ3n) is 3.77. The molecule has 0 saturated heterocycles. The second-order valence-electron chi connectivity index (χ2n) is 6.23. The maximum Gasteiger partial charge on any atom is 0.321 e. The third kappa shape index (κ3) is 4.30. The molecule has 3 rings (SSSR count). The Balaban J connectivity index is 1.61. The zero-order chi connectivity index (χ0) is 17.1. The van der Waals surface area contributed by atoms with E-state index in [-0.39, 0.29) is 17.9 Å². The molecule has 5 nitrogen and oxygen atoms in total. The van der Waals surface area contributed by atoms with Gasteiger partial charge in [0.1, 0.15) is 5.82 Å². The minimum Gasteiger partial charge on any atom is -0.336 e. The molecule has 0 atom stereocenters. The predicted molar refractivity (Wildman–Crippen MR) is 93.6 cm³/mol. The highest BCUT2D eigenvalue weighted by molar-refractivity contribution is 7.15. The Morgan fingerprint density at radius 1 is 1.38 bits per heavy atom. The fraction of sp³-hybridized carbons (Fsp3) is 0.412. The van der Waals surface area contributed by atoms with Gasteiger partial charge in [0.15, 0.2) is 5.13 Å². The largest absolute Gasteiger partial charge is 0.336 e. The van der Waals surface area contributed by atoms with Crippen molar-refractivity contribution in [3.8, 4) is 0 Å². The molecule has 2 heterocycles. The van der Waals surface area contributed by atoms with E-state index < -0.39 is 0 Å². The minimum absolute atomic E-state index is 0.0887. The Morgan fingerprint density at radius 2 is 2.12 bits per heavy atom. The van der Waals surface area contributed by atoms with Gasteiger partial charge in [0.05, 0.1) is 5.69 Å². The summed E-state index contributed by atoms with van der Waals surface area (Å²) in [6.45, 7) is 6.33. The first-order chi connectivity index (χ1) is 11.5. The van der Waals surface area contributed by atoms with Crippen LogP contribution in [0.1, 0.15) is 30.0 Å². The molecule has 0 spiro atoms. The molecule has 0 unspecified atom stereocenters. The van der Waals surface area contributed by atoms with E-state index >= 15 is 0 Å². The zero-order valence-electron chi connectivity index (χ0n) is 13.8. The maximum atomic E-state index is 13.0. The number of rotatable bonds is 4. The Morgan fingerprint density at radius 3 is 2.83 bits per heavy atom. The quantitative estimate of drug-likeness (QED) is 0.891. The van der Waals surface area contributed by atoms with Crippen LogP contribution in [-0.2, 0) is 19.5 Å². The van der Waals surface area contributed by atoms with Crippen molar-refractivity contribution in [2.45, 2.75) is 39.4 Å². The number of carbonyl (C=O) groups excluding carboxylic acids is 1. The first-order valence-electron chi connectivity index (χ1n) is 8.02. The number of thiazole rings is 1. The number of benzene rings is 1. The van der Waals surface area contributed by atoms with Crippen molar-refractivity contribution in [1.29, 1.82) is 0 Å². The number of hydrogen-bond acceptors (Lipinski definition) is 4. The Labute approximate surface area is 144 Å². The first-order valence-corrected chi connectivity index (χ1v) is 8.84. The van der Waals surface area contributed by atoms with E-state index in [0.717, 1.165) is 37.3 Å². The summed E-state index contributed by atoms with van der Waals surface area (Å²) in [7, 11) is 0. The van der Waals surface area contributed by atoms with Crippen molar-refractivity contribution in [3.05, 3.63) is 46.2 Å². The van der Waals surface area contributed by atoms with Gasteiger partial charge in [-0.05, 0) is 31.5 Å².